The highest BCUT2D eigenvalue weighted by molar-refractivity contribution is 6.19. The van der Waals surface area contributed by atoms with Crippen LogP contribution in [0.15, 0.2) is 24.3 Å². The summed E-state index contributed by atoms with van der Waals surface area (Å²) in [5.74, 6) is 1.31. The fraction of sp³-hybridized carbons (Fsp3) is 0.562. The Balaban J connectivity index is 2.25. The van der Waals surface area contributed by atoms with Gasteiger partial charge in [0, 0.05) is 12.4 Å². The quantitative estimate of drug-likeness (QED) is 0.794. The van der Waals surface area contributed by atoms with Gasteiger partial charge in [-0.3, -0.25) is 4.79 Å². The van der Waals surface area contributed by atoms with Crippen molar-refractivity contribution in [1.82, 2.24) is 4.90 Å². The number of methoxy groups -OCH3 is 1. The van der Waals surface area contributed by atoms with Crippen LogP contribution in [0.1, 0.15) is 38.3 Å². The second-order valence-corrected chi connectivity index (χ2v) is 6.22. The molecule has 0 N–H and O–H groups in total. The first-order chi connectivity index (χ1) is 9.49. The van der Waals surface area contributed by atoms with E-state index < -0.39 is 5.41 Å². The average Bonchev–Trinajstić information content (AvgIpc) is 2.95. The van der Waals surface area contributed by atoms with E-state index in [9.17, 15) is 4.79 Å². The maximum Gasteiger partial charge on any atom is 0.229 e. The lowest BCUT2D eigenvalue weighted by Gasteiger charge is -2.32. The minimum absolute atomic E-state index is 0.137. The summed E-state index contributed by atoms with van der Waals surface area (Å²) in [6, 6.07) is 8.12. The Labute approximate surface area is 125 Å². The first-order valence-corrected chi connectivity index (χ1v) is 7.54. The van der Waals surface area contributed by atoms with Crippen LogP contribution in [-0.2, 0) is 4.79 Å². The Hall–Kier alpha value is -1.22. The molecule has 0 aliphatic carbocycles. The normalized spacial score (nSPS) is 19.2. The highest BCUT2D eigenvalue weighted by Crippen LogP contribution is 2.36. The smallest absolute Gasteiger partial charge is 0.229 e. The predicted molar refractivity (Wildman–Crippen MR) is 81.2 cm³/mol. The molecule has 1 fully saturated rings. The zero-order chi connectivity index (χ0) is 14.8. The predicted octanol–water partition coefficient (Wildman–Crippen LogP) is 3.62. The molecule has 1 aromatic carbocycles. The van der Waals surface area contributed by atoms with Gasteiger partial charge in [-0.1, -0.05) is 12.1 Å². The van der Waals surface area contributed by atoms with Crippen molar-refractivity contribution in [3.8, 4) is 5.75 Å². The third kappa shape index (κ3) is 2.93. The lowest BCUT2D eigenvalue weighted by Crippen LogP contribution is -2.41. The number of carbonyl (C=O) groups excluding carboxylic acids is 1. The molecule has 20 heavy (non-hydrogen) atoms. The van der Waals surface area contributed by atoms with Gasteiger partial charge in [-0.2, -0.15) is 0 Å². The van der Waals surface area contributed by atoms with Gasteiger partial charge in [-0.05, 0) is 44.4 Å². The Morgan fingerprint density at radius 3 is 2.90 bits per heavy atom. The number of benzene rings is 1. The number of alkyl halides is 1. The SMILES string of the molecule is COc1cccc(C2CCCN2C(=O)C(C)(C)CCl)c1. The number of ether oxygens (including phenoxy) is 1. The Morgan fingerprint density at radius 1 is 1.50 bits per heavy atom. The molecule has 0 saturated carbocycles. The molecule has 4 heteroatoms. The molecular formula is C16H22ClNO2. The van der Waals surface area contributed by atoms with Gasteiger partial charge in [0.15, 0.2) is 0 Å². The Kier molecular flexibility index (Phi) is 4.59. The first-order valence-electron chi connectivity index (χ1n) is 7.00. The van der Waals surface area contributed by atoms with Crippen molar-refractivity contribution in [2.24, 2.45) is 5.41 Å². The van der Waals surface area contributed by atoms with Crippen molar-refractivity contribution in [2.75, 3.05) is 19.5 Å². The topological polar surface area (TPSA) is 29.5 Å². The van der Waals surface area contributed by atoms with Gasteiger partial charge in [-0.15, -0.1) is 11.6 Å². The van der Waals surface area contributed by atoms with Crippen molar-refractivity contribution in [3.63, 3.8) is 0 Å². The van der Waals surface area contributed by atoms with Gasteiger partial charge in [-0.25, -0.2) is 0 Å². The molecule has 2 rings (SSSR count). The monoisotopic (exact) mass is 295 g/mol. The highest BCUT2D eigenvalue weighted by atomic mass is 35.5. The lowest BCUT2D eigenvalue weighted by atomic mass is 9.93. The number of amides is 1. The van der Waals surface area contributed by atoms with E-state index in [1.54, 1.807) is 7.11 Å². The molecule has 1 unspecified atom stereocenters. The van der Waals surface area contributed by atoms with Gasteiger partial charge in [0.05, 0.1) is 18.6 Å². The van der Waals surface area contributed by atoms with Gasteiger partial charge >= 0.3 is 0 Å². The van der Waals surface area contributed by atoms with E-state index in [2.05, 4.69) is 6.07 Å². The molecule has 1 aliphatic rings. The number of hydrogen-bond donors (Lipinski definition) is 0. The van der Waals surface area contributed by atoms with Crippen molar-refractivity contribution in [3.05, 3.63) is 29.8 Å². The Morgan fingerprint density at radius 2 is 2.25 bits per heavy atom. The lowest BCUT2D eigenvalue weighted by molar-refractivity contribution is -0.140. The number of hydrogen-bond acceptors (Lipinski definition) is 2. The molecule has 0 radical (unpaired) electrons. The van der Waals surface area contributed by atoms with E-state index in [1.807, 2.05) is 36.9 Å². The Bertz CT molecular complexity index is 487. The van der Waals surface area contributed by atoms with Crippen LogP contribution in [0.3, 0.4) is 0 Å². The van der Waals surface area contributed by atoms with Crippen LogP contribution in [-0.4, -0.2) is 30.3 Å². The van der Waals surface area contributed by atoms with Gasteiger partial charge in [0.25, 0.3) is 0 Å². The first kappa shape index (κ1) is 15.2. The van der Waals surface area contributed by atoms with Gasteiger partial charge in [0.2, 0.25) is 5.91 Å². The van der Waals surface area contributed by atoms with Crippen LogP contribution in [0.25, 0.3) is 0 Å². The number of nitrogens with zero attached hydrogens (tertiary/aromatic N) is 1. The van der Waals surface area contributed by atoms with Crippen molar-refractivity contribution in [2.45, 2.75) is 32.7 Å². The molecule has 3 nitrogen and oxygen atoms in total. The van der Waals surface area contributed by atoms with E-state index >= 15 is 0 Å². The summed E-state index contributed by atoms with van der Waals surface area (Å²) in [7, 11) is 1.66. The second kappa shape index (κ2) is 6.04. The van der Waals surface area contributed by atoms with Crippen LogP contribution >= 0.6 is 11.6 Å². The molecule has 1 aromatic rings. The van der Waals surface area contributed by atoms with Crippen LogP contribution in [0.4, 0.5) is 0 Å². The van der Waals surface area contributed by atoms with Gasteiger partial charge in [0.1, 0.15) is 5.75 Å². The summed E-state index contributed by atoms with van der Waals surface area (Å²) in [6.45, 7) is 4.62. The molecule has 1 aliphatic heterocycles. The summed E-state index contributed by atoms with van der Waals surface area (Å²) in [5.41, 5.74) is 0.629. The number of rotatable bonds is 4. The molecule has 0 aromatic heterocycles. The van der Waals surface area contributed by atoms with Crippen molar-refractivity contribution >= 4 is 17.5 Å². The summed E-state index contributed by atoms with van der Waals surface area (Å²) < 4.78 is 5.27. The zero-order valence-electron chi connectivity index (χ0n) is 12.4. The molecule has 1 amide bonds. The molecule has 0 spiro atoms. The minimum atomic E-state index is -0.511. The highest BCUT2D eigenvalue weighted by Gasteiger charge is 2.37. The third-order valence-electron chi connectivity index (χ3n) is 3.91. The van der Waals surface area contributed by atoms with Crippen LogP contribution in [0.2, 0.25) is 0 Å². The third-order valence-corrected chi connectivity index (χ3v) is 4.57. The maximum absolute atomic E-state index is 12.6. The van der Waals surface area contributed by atoms with E-state index in [0.717, 1.165) is 30.7 Å². The van der Waals surface area contributed by atoms with E-state index in [4.69, 9.17) is 16.3 Å². The summed E-state index contributed by atoms with van der Waals surface area (Å²) in [6.07, 6.45) is 2.03. The molecule has 1 saturated heterocycles. The fourth-order valence-corrected chi connectivity index (χ4v) is 2.77. The molecule has 0 bridgehead atoms. The van der Waals surface area contributed by atoms with Crippen LogP contribution in [0, 0.1) is 5.41 Å². The summed E-state index contributed by atoms with van der Waals surface area (Å²) in [5, 5.41) is 0. The summed E-state index contributed by atoms with van der Waals surface area (Å²) >= 11 is 5.94. The largest absolute Gasteiger partial charge is 0.497 e. The number of halogens is 1. The van der Waals surface area contributed by atoms with Gasteiger partial charge < -0.3 is 9.64 Å². The summed E-state index contributed by atoms with van der Waals surface area (Å²) in [4.78, 5) is 14.6. The maximum atomic E-state index is 12.6. The standard InChI is InChI=1S/C16H22ClNO2/c1-16(2,11-17)15(19)18-9-5-8-14(18)12-6-4-7-13(10-12)20-3/h4,6-7,10,14H,5,8-9,11H2,1-3H3. The van der Waals surface area contributed by atoms with Crippen molar-refractivity contribution < 1.29 is 9.53 Å². The molecule has 110 valence electrons. The molecule has 1 heterocycles. The van der Waals surface area contributed by atoms with Crippen LogP contribution in [0.5, 0.6) is 5.75 Å². The number of likely N-dealkylation sites (tertiary alicyclic amines) is 1. The second-order valence-electron chi connectivity index (χ2n) is 5.95. The average molecular weight is 296 g/mol. The van der Waals surface area contributed by atoms with E-state index in [0.29, 0.717) is 5.88 Å². The van der Waals surface area contributed by atoms with Crippen LogP contribution < -0.4 is 4.74 Å². The van der Waals surface area contributed by atoms with Crippen molar-refractivity contribution in [1.29, 1.82) is 0 Å². The number of carbonyl (C=O) groups is 1. The fourth-order valence-electron chi connectivity index (χ4n) is 2.65. The minimum Gasteiger partial charge on any atom is -0.497 e. The van der Waals surface area contributed by atoms with E-state index in [-0.39, 0.29) is 11.9 Å². The molecular weight excluding hydrogens is 274 g/mol. The zero-order valence-corrected chi connectivity index (χ0v) is 13.1. The van der Waals surface area contributed by atoms with E-state index in [1.165, 1.54) is 0 Å². The molecule has 1 atom stereocenters.